The third-order valence-corrected chi connectivity index (χ3v) is 5.82. The molecule has 0 heterocycles. The number of rotatable bonds is 12. The zero-order valence-electron chi connectivity index (χ0n) is 22.2. The van der Waals surface area contributed by atoms with E-state index in [0.29, 0.717) is 41.7 Å². The molecule has 38 heavy (non-hydrogen) atoms. The Morgan fingerprint density at radius 2 is 1.76 bits per heavy atom. The van der Waals surface area contributed by atoms with Crippen molar-refractivity contribution in [1.82, 2.24) is 10.7 Å². The van der Waals surface area contributed by atoms with Crippen LogP contribution in [0.5, 0.6) is 11.5 Å². The van der Waals surface area contributed by atoms with Crippen LogP contribution in [0.25, 0.3) is 0 Å². The molecule has 0 spiro atoms. The predicted octanol–water partition coefficient (Wildman–Crippen LogP) is 5.92. The minimum atomic E-state index is -0.744. The molecule has 2 N–H and O–H groups in total. The van der Waals surface area contributed by atoms with Crippen LogP contribution in [0, 0.1) is 12.8 Å². The van der Waals surface area contributed by atoms with Crippen molar-refractivity contribution < 1.29 is 19.1 Å². The summed E-state index contributed by atoms with van der Waals surface area (Å²) in [6.45, 7) is 8.80. The number of carbonyl (C=O) groups excluding carboxylic acids is 2. The number of aryl methyl sites for hydroxylation is 1. The molecule has 1 atom stereocenters. The van der Waals surface area contributed by atoms with E-state index in [-0.39, 0.29) is 11.8 Å². The minimum absolute atomic E-state index is 0.182. The molecule has 0 aliphatic carbocycles. The summed E-state index contributed by atoms with van der Waals surface area (Å²) in [4.78, 5) is 25.5. The lowest BCUT2D eigenvalue weighted by atomic mass is 10.0. The second-order valence-corrected chi connectivity index (χ2v) is 9.75. The topological polar surface area (TPSA) is 89.0 Å². The summed E-state index contributed by atoms with van der Waals surface area (Å²) in [6.07, 6.45) is 1.99. The maximum Gasteiger partial charge on any atom is 0.262 e. The van der Waals surface area contributed by atoms with Crippen LogP contribution < -0.4 is 20.2 Å². The maximum atomic E-state index is 12.9. The number of hydrogen-bond donors (Lipinski definition) is 2. The van der Waals surface area contributed by atoms with E-state index in [0.717, 1.165) is 11.1 Å². The molecule has 0 aromatic heterocycles. The van der Waals surface area contributed by atoms with Crippen LogP contribution in [0.1, 0.15) is 54.2 Å². The molecule has 8 heteroatoms. The number of carbonyl (C=O) groups is 2. The normalized spacial score (nSPS) is 11.8. The molecule has 1 unspecified atom stereocenters. The van der Waals surface area contributed by atoms with Gasteiger partial charge in [0.15, 0.2) is 11.5 Å². The Balaban J connectivity index is 1.64. The van der Waals surface area contributed by atoms with Crippen LogP contribution in [0.15, 0.2) is 71.8 Å². The molecule has 0 saturated heterocycles. The van der Waals surface area contributed by atoms with Crippen LogP contribution in [-0.4, -0.2) is 30.7 Å². The van der Waals surface area contributed by atoms with Crippen LogP contribution in [0.4, 0.5) is 0 Å². The molecular weight excluding hydrogens is 502 g/mol. The zero-order chi connectivity index (χ0) is 27.5. The first-order valence-corrected chi connectivity index (χ1v) is 13.0. The van der Waals surface area contributed by atoms with Gasteiger partial charge in [0.05, 0.1) is 12.8 Å². The van der Waals surface area contributed by atoms with Crippen molar-refractivity contribution >= 4 is 29.6 Å². The average molecular weight is 536 g/mol. The van der Waals surface area contributed by atoms with E-state index in [4.69, 9.17) is 21.1 Å². The number of nitrogens with zero attached hydrogens (tertiary/aromatic N) is 1. The van der Waals surface area contributed by atoms with Crippen LogP contribution in [0.3, 0.4) is 0 Å². The molecule has 0 saturated carbocycles. The summed E-state index contributed by atoms with van der Waals surface area (Å²) in [7, 11) is 0. The molecular formula is C30H34ClN3O4. The molecule has 3 rings (SSSR count). The number of halogens is 1. The van der Waals surface area contributed by atoms with Gasteiger partial charge in [0.2, 0.25) is 0 Å². The standard InChI is InChI=1S/C30H34ClN3O4/c1-5-37-28-17-22(9-14-27(28)38-19-23-8-6-7-21(4)16-23)18-32-34-30(36)26(15-20(2)3)33-29(35)24-10-12-25(31)13-11-24/h6-14,16-18,20,26H,5,15,19H2,1-4H3,(H,33,35)(H,34,36)/b32-18+. The van der Waals surface area contributed by atoms with Crippen molar-refractivity contribution in [3.63, 3.8) is 0 Å². The molecule has 0 aliphatic rings. The average Bonchev–Trinajstić information content (AvgIpc) is 2.88. The van der Waals surface area contributed by atoms with Crippen molar-refractivity contribution in [3.8, 4) is 11.5 Å². The van der Waals surface area contributed by atoms with Crippen LogP contribution >= 0.6 is 11.6 Å². The molecule has 0 bridgehead atoms. The highest BCUT2D eigenvalue weighted by atomic mass is 35.5. The SMILES string of the molecule is CCOc1cc(/C=N/NC(=O)C(CC(C)C)NC(=O)c2ccc(Cl)cc2)ccc1OCc1cccc(C)c1. The van der Waals surface area contributed by atoms with E-state index < -0.39 is 11.9 Å². The Hall–Kier alpha value is -3.84. The Kier molecular flexibility index (Phi) is 10.7. The number of hydrogen-bond acceptors (Lipinski definition) is 5. The lowest BCUT2D eigenvalue weighted by Gasteiger charge is -2.19. The van der Waals surface area contributed by atoms with E-state index in [1.165, 1.54) is 11.8 Å². The van der Waals surface area contributed by atoms with Gasteiger partial charge < -0.3 is 14.8 Å². The highest BCUT2D eigenvalue weighted by Gasteiger charge is 2.22. The van der Waals surface area contributed by atoms with Crippen LogP contribution in [-0.2, 0) is 11.4 Å². The second-order valence-electron chi connectivity index (χ2n) is 9.31. The highest BCUT2D eigenvalue weighted by Crippen LogP contribution is 2.29. The second kappa shape index (κ2) is 14.2. The summed E-state index contributed by atoms with van der Waals surface area (Å²) in [5.74, 6) is 0.635. The minimum Gasteiger partial charge on any atom is -0.490 e. The highest BCUT2D eigenvalue weighted by molar-refractivity contribution is 6.30. The summed E-state index contributed by atoms with van der Waals surface area (Å²) >= 11 is 5.90. The quantitative estimate of drug-likeness (QED) is 0.222. The number of hydrazone groups is 1. The van der Waals surface area contributed by atoms with Crippen molar-refractivity contribution in [2.75, 3.05) is 6.61 Å². The number of amides is 2. The monoisotopic (exact) mass is 535 g/mol. The smallest absolute Gasteiger partial charge is 0.262 e. The number of nitrogens with one attached hydrogen (secondary N) is 2. The fourth-order valence-electron chi connectivity index (χ4n) is 3.75. The van der Waals surface area contributed by atoms with Gasteiger partial charge in [0.25, 0.3) is 11.8 Å². The summed E-state index contributed by atoms with van der Waals surface area (Å²) < 4.78 is 11.8. The van der Waals surface area contributed by atoms with Crippen molar-refractivity contribution in [1.29, 1.82) is 0 Å². The van der Waals surface area contributed by atoms with Gasteiger partial charge in [-0.3, -0.25) is 9.59 Å². The Morgan fingerprint density at radius 3 is 2.45 bits per heavy atom. The van der Waals surface area contributed by atoms with Crippen molar-refractivity contribution in [2.24, 2.45) is 11.0 Å². The van der Waals surface area contributed by atoms with Gasteiger partial charge in [-0.15, -0.1) is 0 Å². The van der Waals surface area contributed by atoms with Gasteiger partial charge in [-0.1, -0.05) is 55.3 Å². The first-order chi connectivity index (χ1) is 18.2. The fraction of sp³-hybridized carbons (Fsp3) is 0.300. The zero-order valence-corrected chi connectivity index (χ0v) is 22.9. The molecule has 2 amide bonds. The molecule has 3 aromatic rings. The van der Waals surface area contributed by atoms with Gasteiger partial charge in [-0.25, -0.2) is 5.43 Å². The van der Waals surface area contributed by atoms with E-state index >= 15 is 0 Å². The van der Waals surface area contributed by atoms with E-state index in [9.17, 15) is 9.59 Å². The first-order valence-electron chi connectivity index (χ1n) is 12.6. The lowest BCUT2D eigenvalue weighted by Crippen LogP contribution is -2.46. The summed E-state index contributed by atoms with van der Waals surface area (Å²) in [6, 6.07) is 19.3. The van der Waals surface area contributed by atoms with Crippen LogP contribution in [0.2, 0.25) is 5.02 Å². The maximum absolute atomic E-state index is 12.9. The summed E-state index contributed by atoms with van der Waals surface area (Å²) in [5, 5.41) is 7.43. The molecule has 200 valence electrons. The third-order valence-electron chi connectivity index (χ3n) is 5.57. The molecule has 0 aliphatic heterocycles. The van der Waals surface area contributed by atoms with E-state index in [1.807, 2.05) is 58.0 Å². The van der Waals surface area contributed by atoms with E-state index in [1.54, 1.807) is 30.3 Å². The lowest BCUT2D eigenvalue weighted by molar-refractivity contribution is -0.123. The summed E-state index contributed by atoms with van der Waals surface area (Å²) in [5.41, 5.74) is 5.93. The molecule has 7 nitrogen and oxygen atoms in total. The Labute approximate surface area is 229 Å². The predicted molar refractivity (Wildman–Crippen MR) is 151 cm³/mol. The third kappa shape index (κ3) is 8.92. The number of benzene rings is 3. The van der Waals surface area contributed by atoms with Gasteiger partial charge in [0, 0.05) is 10.6 Å². The van der Waals surface area contributed by atoms with Gasteiger partial charge in [-0.2, -0.15) is 5.10 Å². The Bertz CT molecular complexity index is 1260. The molecule has 0 fully saturated rings. The van der Waals surface area contributed by atoms with Crippen molar-refractivity contribution in [2.45, 2.75) is 46.8 Å². The number of ether oxygens (including phenoxy) is 2. The Morgan fingerprint density at radius 1 is 1.00 bits per heavy atom. The molecule has 3 aromatic carbocycles. The van der Waals surface area contributed by atoms with Crippen molar-refractivity contribution in [3.05, 3.63) is 94.0 Å². The fourth-order valence-corrected chi connectivity index (χ4v) is 3.88. The first kappa shape index (κ1) is 28.7. The largest absolute Gasteiger partial charge is 0.490 e. The van der Waals surface area contributed by atoms with Gasteiger partial charge >= 0.3 is 0 Å². The van der Waals surface area contributed by atoms with E-state index in [2.05, 4.69) is 21.9 Å². The van der Waals surface area contributed by atoms with Gasteiger partial charge in [0.1, 0.15) is 12.6 Å². The molecule has 0 radical (unpaired) electrons. The van der Waals surface area contributed by atoms with Gasteiger partial charge in [-0.05, 0) is 79.8 Å².